The van der Waals surface area contributed by atoms with Crippen LogP contribution < -0.4 is 11.2 Å². The average Bonchev–Trinajstić information content (AvgIpc) is 3.33. The van der Waals surface area contributed by atoms with Gasteiger partial charge in [0.1, 0.15) is 5.60 Å². The van der Waals surface area contributed by atoms with Crippen LogP contribution in [0, 0.1) is 12.8 Å². The number of rotatable bonds is 9. The number of aromatic nitrogens is 2. The van der Waals surface area contributed by atoms with Crippen molar-refractivity contribution in [1.82, 2.24) is 9.55 Å². The summed E-state index contributed by atoms with van der Waals surface area (Å²) in [6.07, 6.45) is 2.47. The summed E-state index contributed by atoms with van der Waals surface area (Å²) in [5, 5.41) is 0. The molecule has 3 atom stereocenters. The fourth-order valence-corrected chi connectivity index (χ4v) is 6.33. The zero-order valence-corrected chi connectivity index (χ0v) is 23.2. The monoisotopic (exact) mass is 560 g/mol. The molecule has 0 unspecified atom stereocenters. The van der Waals surface area contributed by atoms with E-state index in [4.69, 9.17) is 8.92 Å². The molecular formula is C31H32N2O6S. The van der Waals surface area contributed by atoms with Crippen LogP contribution in [0.4, 0.5) is 0 Å². The smallest absolute Gasteiger partial charge is 0.328 e. The van der Waals surface area contributed by atoms with Gasteiger partial charge in [-0.15, -0.1) is 0 Å². The van der Waals surface area contributed by atoms with Gasteiger partial charge in [-0.1, -0.05) is 91.0 Å². The number of nitrogens with one attached hydrogen (secondary N) is 1. The van der Waals surface area contributed by atoms with Gasteiger partial charge in [0.25, 0.3) is 15.7 Å². The molecule has 9 heteroatoms. The number of hydrogen-bond acceptors (Lipinski definition) is 6. The zero-order chi connectivity index (χ0) is 28.3. The third-order valence-corrected chi connectivity index (χ3v) is 8.04. The van der Waals surface area contributed by atoms with Gasteiger partial charge in [-0.05, 0) is 42.4 Å². The third kappa shape index (κ3) is 5.72. The van der Waals surface area contributed by atoms with Gasteiger partial charge in [0.05, 0.1) is 25.0 Å². The van der Waals surface area contributed by atoms with E-state index in [9.17, 15) is 18.0 Å². The van der Waals surface area contributed by atoms with E-state index in [1.54, 1.807) is 6.92 Å². The lowest BCUT2D eigenvalue weighted by molar-refractivity contribution is -0.00876. The van der Waals surface area contributed by atoms with Crippen LogP contribution in [0.2, 0.25) is 0 Å². The topological polar surface area (TPSA) is 107 Å². The highest BCUT2D eigenvalue weighted by Crippen LogP contribution is 2.43. The molecule has 1 aromatic heterocycles. The van der Waals surface area contributed by atoms with E-state index >= 15 is 0 Å². The lowest BCUT2D eigenvalue weighted by atomic mass is 9.80. The first-order valence-electron chi connectivity index (χ1n) is 13.2. The summed E-state index contributed by atoms with van der Waals surface area (Å²) >= 11 is 0. The first-order chi connectivity index (χ1) is 19.2. The van der Waals surface area contributed by atoms with Crippen molar-refractivity contribution in [3.05, 3.63) is 140 Å². The van der Waals surface area contributed by atoms with Crippen LogP contribution in [-0.4, -0.2) is 36.9 Å². The van der Waals surface area contributed by atoms with E-state index in [0.717, 1.165) is 22.9 Å². The summed E-state index contributed by atoms with van der Waals surface area (Å²) in [4.78, 5) is 27.0. The van der Waals surface area contributed by atoms with Gasteiger partial charge in [0.2, 0.25) is 0 Å². The SMILES string of the molecule is Cc1cn([C@@H]2C[C@H](COC(c3ccccc3)(c3ccccc3)c3ccccc3)C[C@H]2OS(C)(=O)=O)c(=O)[nH]c1=O. The van der Waals surface area contributed by atoms with Gasteiger partial charge < -0.3 is 4.74 Å². The van der Waals surface area contributed by atoms with Crippen LogP contribution >= 0.6 is 0 Å². The Hall–Kier alpha value is -3.79. The quantitative estimate of drug-likeness (QED) is 0.244. The molecule has 3 aromatic carbocycles. The van der Waals surface area contributed by atoms with Crippen LogP contribution in [0.5, 0.6) is 0 Å². The fourth-order valence-electron chi connectivity index (χ4n) is 5.68. The zero-order valence-electron chi connectivity index (χ0n) is 22.4. The van der Waals surface area contributed by atoms with Crippen LogP contribution in [0.15, 0.2) is 107 Å². The molecule has 1 aliphatic carbocycles. The second-order valence-corrected chi connectivity index (χ2v) is 11.9. The number of hydrogen-bond donors (Lipinski definition) is 1. The number of H-pyrrole nitrogens is 1. The fraction of sp³-hybridized carbons (Fsp3) is 0.290. The van der Waals surface area contributed by atoms with Gasteiger partial charge in [0.15, 0.2) is 0 Å². The van der Waals surface area contributed by atoms with Crippen LogP contribution in [0.25, 0.3) is 0 Å². The lowest BCUT2D eigenvalue weighted by Crippen LogP contribution is -2.37. The number of ether oxygens (including phenoxy) is 1. The van der Waals surface area contributed by atoms with E-state index in [1.807, 2.05) is 91.0 Å². The molecule has 0 bridgehead atoms. The van der Waals surface area contributed by atoms with Crippen LogP contribution in [0.1, 0.15) is 41.1 Å². The maximum absolute atomic E-state index is 12.7. The Morgan fingerprint density at radius 3 is 1.82 bits per heavy atom. The predicted octanol–water partition coefficient (Wildman–Crippen LogP) is 4.15. The van der Waals surface area contributed by atoms with E-state index in [-0.39, 0.29) is 12.5 Å². The Morgan fingerprint density at radius 2 is 1.35 bits per heavy atom. The normalized spacial score (nSPS) is 19.5. The Kier molecular flexibility index (Phi) is 7.89. The predicted molar refractivity (Wildman–Crippen MR) is 153 cm³/mol. The van der Waals surface area contributed by atoms with E-state index in [2.05, 4.69) is 4.98 Å². The molecule has 1 N–H and O–H groups in total. The summed E-state index contributed by atoms with van der Waals surface area (Å²) in [6, 6.07) is 29.4. The van der Waals surface area contributed by atoms with E-state index in [0.29, 0.717) is 18.4 Å². The van der Waals surface area contributed by atoms with Crippen molar-refractivity contribution in [3.63, 3.8) is 0 Å². The molecule has 5 rings (SSSR count). The standard InChI is InChI=1S/C31H32N2O6S/c1-22-20-33(30(35)32-29(22)34)27-18-23(19-28(27)39-40(2,36)37)21-38-31(24-12-6-3-7-13-24,25-14-8-4-9-15-25)26-16-10-5-11-17-26/h3-17,20,23,27-28H,18-19,21H2,1-2H3,(H,32,34,35)/t23-,27+,28+/m0/s1. The molecule has 40 heavy (non-hydrogen) atoms. The van der Waals surface area contributed by atoms with Crippen LogP contribution in [-0.2, 0) is 24.6 Å². The van der Waals surface area contributed by atoms with Crippen molar-refractivity contribution in [3.8, 4) is 0 Å². The third-order valence-electron chi connectivity index (χ3n) is 7.45. The minimum atomic E-state index is -3.80. The summed E-state index contributed by atoms with van der Waals surface area (Å²) in [6.45, 7) is 1.88. The van der Waals surface area contributed by atoms with Crippen LogP contribution in [0.3, 0.4) is 0 Å². The van der Waals surface area contributed by atoms with E-state index < -0.39 is 39.1 Å². The highest BCUT2D eigenvalue weighted by molar-refractivity contribution is 7.86. The van der Waals surface area contributed by atoms with Crippen molar-refractivity contribution in [2.45, 2.75) is 37.5 Å². The molecule has 1 aliphatic rings. The van der Waals surface area contributed by atoms with Crippen molar-refractivity contribution in [1.29, 1.82) is 0 Å². The Bertz CT molecular complexity index is 1570. The van der Waals surface area contributed by atoms with Crippen molar-refractivity contribution >= 4 is 10.1 Å². The molecule has 8 nitrogen and oxygen atoms in total. The van der Waals surface area contributed by atoms with Crippen molar-refractivity contribution < 1.29 is 17.3 Å². The van der Waals surface area contributed by atoms with Crippen molar-refractivity contribution in [2.24, 2.45) is 5.92 Å². The van der Waals surface area contributed by atoms with Crippen molar-refractivity contribution in [2.75, 3.05) is 12.9 Å². The molecule has 0 aliphatic heterocycles. The highest BCUT2D eigenvalue weighted by Gasteiger charge is 2.42. The summed E-state index contributed by atoms with van der Waals surface area (Å²) in [7, 11) is -3.80. The number of aryl methyl sites for hydroxylation is 1. The van der Waals surface area contributed by atoms with Gasteiger partial charge in [0, 0.05) is 11.8 Å². The first kappa shape index (κ1) is 27.8. The molecule has 4 aromatic rings. The number of aromatic amines is 1. The molecule has 208 valence electrons. The van der Waals surface area contributed by atoms with Gasteiger partial charge >= 0.3 is 5.69 Å². The Morgan fingerprint density at radius 1 is 0.850 bits per heavy atom. The molecule has 0 radical (unpaired) electrons. The van der Waals surface area contributed by atoms with Gasteiger partial charge in [-0.25, -0.2) is 4.79 Å². The average molecular weight is 561 g/mol. The molecule has 1 fully saturated rings. The van der Waals surface area contributed by atoms with Gasteiger partial charge in [-0.2, -0.15) is 8.42 Å². The molecule has 0 saturated heterocycles. The Balaban J connectivity index is 1.53. The number of nitrogens with zero attached hydrogens (tertiary/aromatic N) is 1. The molecule has 0 spiro atoms. The molecule has 1 heterocycles. The summed E-state index contributed by atoms with van der Waals surface area (Å²) in [5.74, 6) is -0.133. The minimum Gasteiger partial charge on any atom is -0.361 e. The first-order valence-corrected chi connectivity index (χ1v) is 15.0. The largest absolute Gasteiger partial charge is 0.361 e. The molecular weight excluding hydrogens is 528 g/mol. The summed E-state index contributed by atoms with van der Waals surface area (Å²) in [5.41, 5.74) is 1.22. The minimum absolute atomic E-state index is 0.133. The second-order valence-electron chi connectivity index (χ2n) is 10.3. The van der Waals surface area contributed by atoms with Gasteiger partial charge in [-0.3, -0.25) is 18.5 Å². The maximum atomic E-state index is 12.7. The maximum Gasteiger partial charge on any atom is 0.328 e. The van der Waals surface area contributed by atoms with E-state index in [1.165, 1.54) is 10.8 Å². The number of benzene rings is 3. The Labute approximate surface area is 233 Å². The second kappa shape index (κ2) is 11.4. The lowest BCUT2D eigenvalue weighted by Gasteiger charge is -2.37. The molecule has 0 amide bonds. The summed E-state index contributed by atoms with van der Waals surface area (Å²) < 4.78 is 38.1. The highest BCUT2D eigenvalue weighted by atomic mass is 32.2. The molecule has 1 saturated carbocycles.